The van der Waals surface area contributed by atoms with Gasteiger partial charge in [-0.1, -0.05) is 47.1 Å². The molecule has 2 N–H and O–H groups in total. The number of carbonyl (C=O) groups excluding carboxylic acids is 2. The lowest BCUT2D eigenvalue weighted by Crippen LogP contribution is -2.35. The van der Waals surface area contributed by atoms with Crippen LogP contribution in [0.1, 0.15) is 40.9 Å². The van der Waals surface area contributed by atoms with Crippen molar-refractivity contribution < 1.29 is 14.3 Å². The molecular weight excluding hydrogens is 396 g/mol. The lowest BCUT2D eigenvalue weighted by molar-refractivity contribution is -0.120. The molecule has 0 unspecified atom stereocenters. The summed E-state index contributed by atoms with van der Waals surface area (Å²) in [6.07, 6.45) is 0.893. The Morgan fingerprint density at radius 3 is 2.31 bits per heavy atom. The standard InChI is InChI=1S/C20H23BrN2O3/c1-3-18(15-8-10-17(21)11-9-15)22-13-19(24)23-12-14-4-6-16(7-5-14)20(25)26-2/h4-11,18,22H,3,12-13H2,1-2H3,(H,23,24)/t18-/m1/s1. The summed E-state index contributed by atoms with van der Waals surface area (Å²) in [4.78, 5) is 23.5. The fourth-order valence-electron chi connectivity index (χ4n) is 2.55. The molecule has 0 bridgehead atoms. The molecule has 0 aliphatic heterocycles. The number of hydrogen-bond donors (Lipinski definition) is 2. The third-order valence-corrected chi connectivity index (χ3v) is 4.58. The van der Waals surface area contributed by atoms with Crippen LogP contribution in [-0.2, 0) is 16.1 Å². The Kier molecular flexibility index (Phi) is 7.81. The Hall–Kier alpha value is -2.18. The van der Waals surface area contributed by atoms with Crippen LogP contribution in [0.2, 0.25) is 0 Å². The number of amides is 1. The van der Waals surface area contributed by atoms with Crippen LogP contribution in [-0.4, -0.2) is 25.5 Å². The van der Waals surface area contributed by atoms with Gasteiger partial charge in [0, 0.05) is 17.1 Å². The van der Waals surface area contributed by atoms with Crippen LogP contribution in [0.25, 0.3) is 0 Å². The Morgan fingerprint density at radius 1 is 1.08 bits per heavy atom. The first kappa shape index (κ1) is 20.1. The van der Waals surface area contributed by atoms with Crippen molar-refractivity contribution in [1.29, 1.82) is 0 Å². The first-order chi connectivity index (χ1) is 12.5. The van der Waals surface area contributed by atoms with E-state index in [1.807, 2.05) is 24.3 Å². The molecule has 1 atom stereocenters. The predicted molar refractivity (Wildman–Crippen MR) is 105 cm³/mol. The van der Waals surface area contributed by atoms with Crippen LogP contribution in [0.3, 0.4) is 0 Å². The molecule has 6 heteroatoms. The predicted octanol–water partition coefficient (Wildman–Crippen LogP) is 3.59. The van der Waals surface area contributed by atoms with Gasteiger partial charge in [0.25, 0.3) is 0 Å². The van der Waals surface area contributed by atoms with E-state index in [0.29, 0.717) is 12.1 Å². The maximum absolute atomic E-state index is 12.1. The quantitative estimate of drug-likeness (QED) is 0.642. The highest BCUT2D eigenvalue weighted by Crippen LogP contribution is 2.19. The molecular formula is C20H23BrN2O3. The molecule has 1 amide bonds. The third kappa shape index (κ3) is 5.97. The van der Waals surface area contributed by atoms with Gasteiger partial charge in [-0.2, -0.15) is 0 Å². The maximum atomic E-state index is 12.1. The summed E-state index contributed by atoms with van der Waals surface area (Å²) in [6.45, 7) is 2.74. The van der Waals surface area contributed by atoms with E-state index in [4.69, 9.17) is 0 Å². The van der Waals surface area contributed by atoms with Gasteiger partial charge in [0.1, 0.15) is 0 Å². The van der Waals surface area contributed by atoms with Crippen LogP contribution < -0.4 is 10.6 Å². The van der Waals surface area contributed by atoms with Crippen molar-refractivity contribution in [2.75, 3.05) is 13.7 Å². The molecule has 138 valence electrons. The Labute approximate surface area is 162 Å². The molecule has 0 saturated carbocycles. The van der Waals surface area contributed by atoms with Crippen LogP contribution >= 0.6 is 15.9 Å². The maximum Gasteiger partial charge on any atom is 0.337 e. The third-order valence-electron chi connectivity index (χ3n) is 4.05. The van der Waals surface area contributed by atoms with Gasteiger partial charge < -0.3 is 15.4 Å². The minimum absolute atomic E-state index is 0.0717. The fraction of sp³-hybridized carbons (Fsp3) is 0.300. The Bertz CT molecular complexity index is 730. The monoisotopic (exact) mass is 418 g/mol. The molecule has 2 aromatic rings. The topological polar surface area (TPSA) is 67.4 Å². The number of rotatable bonds is 8. The van der Waals surface area contributed by atoms with E-state index in [1.54, 1.807) is 24.3 Å². The van der Waals surface area contributed by atoms with Gasteiger partial charge in [-0.15, -0.1) is 0 Å². The number of halogens is 1. The van der Waals surface area contributed by atoms with Crippen LogP contribution in [0, 0.1) is 0 Å². The van der Waals surface area contributed by atoms with E-state index in [2.05, 4.69) is 38.2 Å². The second kappa shape index (κ2) is 10.1. The average molecular weight is 419 g/mol. The summed E-state index contributed by atoms with van der Waals surface area (Å²) in [5.74, 6) is -0.444. The molecule has 0 fully saturated rings. The first-order valence-corrected chi connectivity index (χ1v) is 9.25. The van der Waals surface area contributed by atoms with Gasteiger partial charge in [0.05, 0.1) is 19.2 Å². The summed E-state index contributed by atoms with van der Waals surface area (Å²) < 4.78 is 5.70. The van der Waals surface area contributed by atoms with E-state index in [9.17, 15) is 9.59 Å². The van der Waals surface area contributed by atoms with Crippen molar-refractivity contribution in [3.8, 4) is 0 Å². The highest BCUT2D eigenvalue weighted by molar-refractivity contribution is 9.10. The highest BCUT2D eigenvalue weighted by atomic mass is 79.9. The van der Waals surface area contributed by atoms with Crippen LogP contribution in [0.15, 0.2) is 53.0 Å². The normalized spacial score (nSPS) is 11.7. The van der Waals surface area contributed by atoms with Crippen LogP contribution in [0.4, 0.5) is 0 Å². The summed E-state index contributed by atoms with van der Waals surface area (Å²) >= 11 is 3.43. The van der Waals surface area contributed by atoms with Gasteiger partial charge in [-0.25, -0.2) is 4.79 Å². The lowest BCUT2D eigenvalue weighted by atomic mass is 10.0. The second-order valence-corrected chi connectivity index (χ2v) is 6.77. The van der Waals surface area contributed by atoms with Gasteiger partial charge in [0.2, 0.25) is 5.91 Å². The van der Waals surface area contributed by atoms with Gasteiger partial charge in [-0.3, -0.25) is 4.79 Å². The van der Waals surface area contributed by atoms with Crippen molar-refractivity contribution >= 4 is 27.8 Å². The molecule has 0 aliphatic carbocycles. The summed E-state index contributed by atoms with van der Waals surface area (Å²) in [5.41, 5.74) is 2.57. The molecule has 26 heavy (non-hydrogen) atoms. The van der Waals surface area contributed by atoms with Gasteiger partial charge in [0.15, 0.2) is 0 Å². The molecule has 0 aromatic heterocycles. The van der Waals surface area contributed by atoms with E-state index in [0.717, 1.165) is 22.0 Å². The van der Waals surface area contributed by atoms with E-state index in [1.165, 1.54) is 7.11 Å². The van der Waals surface area contributed by atoms with Crippen molar-refractivity contribution in [1.82, 2.24) is 10.6 Å². The first-order valence-electron chi connectivity index (χ1n) is 8.46. The average Bonchev–Trinajstić information content (AvgIpc) is 2.68. The van der Waals surface area contributed by atoms with Gasteiger partial charge in [-0.05, 0) is 41.8 Å². The minimum atomic E-state index is -0.372. The van der Waals surface area contributed by atoms with Crippen molar-refractivity contribution in [3.63, 3.8) is 0 Å². The molecule has 2 aromatic carbocycles. The lowest BCUT2D eigenvalue weighted by Gasteiger charge is -2.17. The fourth-order valence-corrected chi connectivity index (χ4v) is 2.81. The number of esters is 1. The van der Waals surface area contributed by atoms with E-state index in [-0.39, 0.29) is 24.5 Å². The number of methoxy groups -OCH3 is 1. The zero-order valence-corrected chi connectivity index (χ0v) is 16.5. The Balaban J connectivity index is 1.80. The Morgan fingerprint density at radius 2 is 1.73 bits per heavy atom. The summed E-state index contributed by atoms with van der Waals surface area (Å²) in [7, 11) is 1.35. The summed E-state index contributed by atoms with van der Waals surface area (Å²) in [5, 5.41) is 6.16. The zero-order valence-electron chi connectivity index (χ0n) is 14.9. The van der Waals surface area contributed by atoms with Crippen LogP contribution in [0.5, 0.6) is 0 Å². The molecule has 5 nitrogen and oxygen atoms in total. The van der Waals surface area contributed by atoms with Crippen molar-refractivity contribution in [2.45, 2.75) is 25.9 Å². The molecule has 0 aliphatic rings. The summed E-state index contributed by atoms with van der Waals surface area (Å²) in [6, 6.07) is 15.2. The highest BCUT2D eigenvalue weighted by Gasteiger charge is 2.11. The van der Waals surface area contributed by atoms with Crippen molar-refractivity contribution in [3.05, 3.63) is 69.7 Å². The molecule has 0 saturated heterocycles. The zero-order chi connectivity index (χ0) is 18.9. The molecule has 0 radical (unpaired) electrons. The number of ether oxygens (including phenoxy) is 1. The van der Waals surface area contributed by atoms with Crippen molar-refractivity contribution in [2.24, 2.45) is 0 Å². The van der Waals surface area contributed by atoms with Gasteiger partial charge >= 0.3 is 5.97 Å². The number of carbonyl (C=O) groups is 2. The van der Waals surface area contributed by atoms with E-state index < -0.39 is 0 Å². The molecule has 0 heterocycles. The molecule has 2 rings (SSSR count). The smallest absolute Gasteiger partial charge is 0.337 e. The number of nitrogens with one attached hydrogen (secondary N) is 2. The largest absolute Gasteiger partial charge is 0.465 e. The second-order valence-electron chi connectivity index (χ2n) is 5.86. The SMILES string of the molecule is CC[C@@H](NCC(=O)NCc1ccc(C(=O)OC)cc1)c1ccc(Br)cc1. The van der Waals surface area contributed by atoms with E-state index >= 15 is 0 Å². The number of benzene rings is 2. The number of hydrogen-bond acceptors (Lipinski definition) is 4. The minimum Gasteiger partial charge on any atom is -0.465 e. The molecule has 0 spiro atoms.